The van der Waals surface area contributed by atoms with Gasteiger partial charge >= 0.3 is 12.3 Å². The number of ether oxygens (including phenoxy) is 1. The van der Waals surface area contributed by atoms with Crippen molar-refractivity contribution in [3.63, 3.8) is 0 Å². The van der Waals surface area contributed by atoms with E-state index in [2.05, 4.69) is 15.4 Å². The predicted molar refractivity (Wildman–Crippen MR) is 175 cm³/mol. The van der Waals surface area contributed by atoms with Gasteiger partial charge in [0, 0.05) is 28.7 Å². The fourth-order valence-corrected chi connectivity index (χ4v) is 5.61. The number of para-hydroxylation sites is 1. The molecule has 1 heterocycles. The zero-order valence-corrected chi connectivity index (χ0v) is 25.9. The minimum absolute atomic E-state index is 0.0239. The van der Waals surface area contributed by atoms with Gasteiger partial charge in [0.1, 0.15) is 17.1 Å². The van der Waals surface area contributed by atoms with Gasteiger partial charge < -0.3 is 24.9 Å². The fraction of sp³-hybridized carbons (Fsp3) is 0.216. The van der Waals surface area contributed by atoms with Crippen LogP contribution in [0.4, 0.5) is 18.9 Å². The van der Waals surface area contributed by atoms with E-state index in [1.54, 1.807) is 36.4 Å². The van der Waals surface area contributed by atoms with E-state index in [1.807, 2.05) is 49.4 Å². The van der Waals surface area contributed by atoms with E-state index < -0.39 is 35.8 Å². The fourth-order valence-electron chi connectivity index (χ4n) is 5.61. The van der Waals surface area contributed by atoms with Gasteiger partial charge in [-0.3, -0.25) is 14.4 Å². The second-order valence-corrected chi connectivity index (χ2v) is 11.2. The lowest BCUT2D eigenvalue weighted by atomic mass is 9.78. The van der Waals surface area contributed by atoms with Crippen molar-refractivity contribution in [1.29, 1.82) is 0 Å². The van der Waals surface area contributed by atoms with Crippen molar-refractivity contribution >= 4 is 34.4 Å². The molecule has 5 rings (SSSR count). The number of amides is 2. The first kappa shape index (κ1) is 33.8. The highest BCUT2D eigenvalue weighted by molar-refractivity contribution is 5.97. The molecular weight excluding hydrogens is 625 g/mol. The molecule has 0 bridgehead atoms. The Bertz CT molecular complexity index is 1830. The molecule has 48 heavy (non-hydrogen) atoms. The summed E-state index contributed by atoms with van der Waals surface area (Å²) in [7, 11) is 0. The molecule has 5 aromatic rings. The van der Waals surface area contributed by atoms with Crippen LogP contribution in [-0.4, -0.2) is 35.8 Å². The van der Waals surface area contributed by atoms with Gasteiger partial charge in [-0.1, -0.05) is 55.8 Å². The number of benzene rings is 4. The number of fused-ring (bicyclic) bond motifs is 1. The number of carbonyl (C=O) groups is 3. The van der Waals surface area contributed by atoms with Crippen LogP contribution in [0.15, 0.2) is 108 Å². The largest absolute Gasteiger partial charge is 0.573 e. The van der Waals surface area contributed by atoms with Crippen LogP contribution in [0.25, 0.3) is 22.3 Å². The van der Waals surface area contributed by atoms with Crippen LogP contribution in [0.3, 0.4) is 0 Å². The van der Waals surface area contributed by atoms with Crippen LogP contribution in [-0.2, 0) is 9.59 Å². The van der Waals surface area contributed by atoms with Gasteiger partial charge in [-0.15, -0.1) is 13.2 Å². The van der Waals surface area contributed by atoms with E-state index in [-0.39, 0.29) is 18.9 Å². The smallest absolute Gasteiger partial charge is 0.481 e. The molecule has 0 spiro atoms. The van der Waals surface area contributed by atoms with Gasteiger partial charge in [-0.2, -0.15) is 0 Å². The molecule has 2 amide bonds. The Morgan fingerprint density at radius 3 is 2.17 bits per heavy atom. The van der Waals surface area contributed by atoms with E-state index in [0.717, 1.165) is 22.1 Å². The molecule has 0 fully saturated rings. The molecule has 0 aliphatic heterocycles. The van der Waals surface area contributed by atoms with Crippen molar-refractivity contribution in [3.05, 3.63) is 120 Å². The Kier molecular flexibility index (Phi) is 10.5. The second-order valence-electron chi connectivity index (χ2n) is 11.2. The summed E-state index contributed by atoms with van der Waals surface area (Å²) in [4.78, 5) is 37.4. The first-order valence-electron chi connectivity index (χ1n) is 15.4. The Hall–Kier alpha value is -5.58. The van der Waals surface area contributed by atoms with Crippen molar-refractivity contribution in [3.8, 4) is 17.1 Å². The molecule has 248 valence electrons. The number of carbonyl (C=O) groups excluding carboxylic acids is 2. The SMILES string of the molecule is CCC[C@@H](c1ccc(C(=O)NCCC(=O)O)cc1)[C@H](C(=O)Nc1ccc(-c2cc3ccccc3o2)cc1)c1ccc(OC(F)(F)F)cc1. The molecule has 0 unspecified atom stereocenters. The first-order valence-corrected chi connectivity index (χ1v) is 15.4. The highest BCUT2D eigenvalue weighted by Gasteiger charge is 2.33. The van der Waals surface area contributed by atoms with Gasteiger partial charge in [0.05, 0.1) is 12.3 Å². The minimum Gasteiger partial charge on any atom is -0.481 e. The number of rotatable bonds is 13. The summed E-state index contributed by atoms with van der Waals surface area (Å²) >= 11 is 0. The number of halogens is 3. The molecule has 2 atom stereocenters. The molecule has 0 radical (unpaired) electrons. The number of carboxylic acid groups (broad SMARTS) is 1. The molecule has 0 aliphatic carbocycles. The maximum atomic E-state index is 14.1. The molecule has 1 aromatic heterocycles. The van der Waals surface area contributed by atoms with Crippen molar-refractivity contribution < 1.29 is 41.8 Å². The quantitative estimate of drug-likeness (QED) is 0.117. The highest BCUT2D eigenvalue weighted by atomic mass is 19.4. The third kappa shape index (κ3) is 8.61. The molecule has 0 aliphatic rings. The highest BCUT2D eigenvalue weighted by Crippen LogP contribution is 2.39. The van der Waals surface area contributed by atoms with E-state index in [1.165, 1.54) is 24.3 Å². The Labute approximate surface area is 274 Å². The molecule has 8 nitrogen and oxygen atoms in total. The summed E-state index contributed by atoms with van der Waals surface area (Å²) in [5, 5.41) is 15.3. The zero-order chi connectivity index (χ0) is 34.3. The predicted octanol–water partition coefficient (Wildman–Crippen LogP) is 8.51. The lowest BCUT2D eigenvalue weighted by Crippen LogP contribution is -2.27. The number of nitrogens with one attached hydrogen (secondary N) is 2. The number of hydrogen-bond acceptors (Lipinski definition) is 5. The maximum absolute atomic E-state index is 14.1. The zero-order valence-electron chi connectivity index (χ0n) is 25.9. The molecule has 0 saturated heterocycles. The number of hydrogen-bond donors (Lipinski definition) is 3. The van der Waals surface area contributed by atoms with E-state index >= 15 is 0 Å². The lowest BCUT2D eigenvalue weighted by molar-refractivity contribution is -0.274. The Balaban J connectivity index is 1.42. The summed E-state index contributed by atoms with van der Waals surface area (Å²) in [6.45, 7) is 1.94. The van der Waals surface area contributed by atoms with Crippen molar-refractivity contribution in [1.82, 2.24) is 5.32 Å². The van der Waals surface area contributed by atoms with Crippen LogP contribution in [0, 0.1) is 0 Å². The standard InChI is InChI=1S/C37H33F3N2O6/c1-2-5-30(23-8-10-26(11-9-23)35(45)41-21-20-33(43)44)34(25-14-18-29(19-15-25)48-37(38,39)40)36(46)42-28-16-12-24(13-17-28)32-22-27-6-3-4-7-31(27)47-32/h3-4,6-19,22,30,34H,2,5,20-21H2,1H3,(H,41,45)(H,42,46)(H,43,44)/t30-,34+/m0/s1. The number of carboxylic acids is 1. The Morgan fingerprint density at radius 1 is 0.875 bits per heavy atom. The van der Waals surface area contributed by atoms with Gasteiger partial charge in [0.25, 0.3) is 5.91 Å². The Morgan fingerprint density at radius 2 is 1.54 bits per heavy atom. The summed E-state index contributed by atoms with van der Waals surface area (Å²) in [6, 6.07) is 28.7. The van der Waals surface area contributed by atoms with Gasteiger partial charge in [0.15, 0.2) is 0 Å². The maximum Gasteiger partial charge on any atom is 0.573 e. The summed E-state index contributed by atoms with van der Waals surface area (Å²) in [5.41, 5.74) is 3.64. The monoisotopic (exact) mass is 658 g/mol. The van der Waals surface area contributed by atoms with Gasteiger partial charge in [0.2, 0.25) is 5.91 Å². The molecule has 4 aromatic carbocycles. The summed E-state index contributed by atoms with van der Waals surface area (Å²) < 4.78 is 48.6. The van der Waals surface area contributed by atoms with Crippen LogP contribution in [0.2, 0.25) is 0 Å². The average molecular weight is 659 g/mol. The van der Waals surface area contributed by atoms with E-state index in [0.29, 0.717) is 35.4 Å². The number of furan rings is 1. The van der Waals surface area contributed by atoms with E-state index in [9.17, 15) is 27.6 Å². The normalized spacial score (nSPS) is 12.7. The molecule has 0 saturated carbocycles. The van der Waals surface area contributed by atoms with Gasteiger partial charge in [-0.05, 0) is 84.1 Å². The topological polar surface area (TPSA) is 118 Å². The summed E-state index contributed by atoms with van der Waals surface area (Å²) in [5.74, 6) is -2.80. The number of alkyl halides is 3. The molecule has 11 heteroatoms. The van der Waals surface area contributed by atoms with Crippen molar-refractivity contribution in [2.45, 2.75) is 44.4 Å². The van der Waals surface area contributed by atoms with Crippen molar-refractivity contribution in [2.24, 2.45) is 0 Å². The van der Waals surface area contributed by atoms with Gasteiger partial charge in [-0.25, -0.2) is 0 Å². The summed E-state index contributed by atoms with van der Waals surface area (Å²) in [6.07, 6.45) is -3.84. The first-order chi connectivity index (χ1) is 23.0. The van der Waals surface area contributed by atoms with Crippen LogP contribution >= 0.6 is 0 Å². The van der Waals surface area contributed by atoms with Crippen molar-refractivity contribution in [2.75, 3.05) is 11.9 Å². The lowest BCUT2D eigenvalue weighted by Gasteiger charge is -2.28. The number of anilines is 1. The molecular formula is C37H33F3N2O6. The number of aliphatic carboxylic acids is 1. The third-order valence-electron chi connectivity index (χ3n) is 7.85. The van der Waals surface area contributed by atoms with Crippen LogP contribution in [0.1, 0.15) is 59.5 Å². The van der Waals surface area contributed by atoms with E-state index in [4.69, 9.17) is 9.52 Å². The van der Waals surface area contributed by atoms with Crippen LogP contribution < -0.4 is 15.4 Å². The minimum atomic E-state index is -4.86. The average Bonchev–Trinajstić information content (AvgIpc) is 3.49. The third-order valence-corrected chi connectivity index (χ3v) is 7.85. The second kappa shape index (κ2) is 14.9. The van der Waals surface area contributed by atoms with Crippen LogP contribution in [0.5, 0.6) is 5.75 Å². The molecule has 3 N–H and O–H groups in total.